The Morgan fingerprint density at radius 1 is 1.45 bits per heavy atom. The van der Waals surface area contributed by atoms with Crippen molar-refractivity contribution < 1.29 is 18.8 Å². The van der Waals surface area contributed by atoms with E-state index >= 15 is 0 Å². The lowest BCUT2D eigenvalue weighted by Gasteiger charge is -2.08. The predicted molar refractivity (Wildman–Crippen MR) is 76.0 cm³/mol. The average molecular weight is 359 g/mol. The molecule has 1 aliphatic heterocycles. The molecule has 3 amide bonds. The van der Waals surface area contributed by atoms with Crippen LogP contribution in [-0.4, -0.2) is 28.5 Å². The van der Waals surface area contributed by atoms with Crippen LogP contribution in [0.25, 0.3) is 6.08 Å². The fourth-order valence-corrected chi connectivity index (χ4v) is 2.77. The summed E-state index contributed by atoms with van der Waals surface area (Å²) < 4.78 is 14.2. The Morgan fingerprint density at radius 2 is 2.15 bits per heavy atom. The first kappa shape index (κ1) is 14.7. The molecule has 0 spiro atoms. The normalized spacial score (nSPS) is 17.1. The van der Waals surface area contributed by atoms with Gasteiger partial charge in [0.1, 0.15) is 12.4 Å². The molecule has 1 fully saturated rings. The SMILES string of the molecule is NC(=O)CN1C(=O)S/C(=C\c2cc(Br)ccc2F)C1=O. The third kappa shape index (κ3) is 3.07. The van der Waals surface area contributed by atoms with Gasteiger partial charge in [-0.3, -0.25) is 19.3 Å². The fourth-order valence-electron chi connectivity index (χ4n) is 1.56. The molecule has 2 rings (SSSR count). The van der Waals surface area contributed by atoms with Gasteiger partial charge in [-0.05, 0) is 36.0 Å². The van der Waals surface area contributed by atoms with Gasteiger partial charge >= 0.3 is 0 Å². The van der Waals surface area contributed by atoms with Crippen molar-refractivity contribution in [1.82, 2.24) is 4.90 Å². The summed E-state index contributed by atoms with van der Waals surface area (Å²) in [5.74, 6) is -1.96. The number of imide groups is 1. The van der Waals surface area contributed by atoms with Gasteiger partial charge < -0.3 is 5.73 Å². The lowest BCUT2D eigenvalue weighted by Crippen LogP contribution is -2.36. The number of carbonyl (C=O) groups is 3. The van der Waals surface area contributed by atoms with E-state index in [0.717, 1.165) is 4.90 Å². The second-order valence-electron chi connectivity index (χ2n) is 3.90. The summed E-state index contributed by atoms with van der Waals surface area (Å²) in [6, 6.07) is 4.24. The Kier molecular flexibility index (Phi) is 4.24. The van der Waals surface area contributed by atoms with E-state index in [1.807, 2.05) is 0 Å². The van der Waals surface area contributed by atoms with Gasteiger partial charge in [0.05, 0.1) is 4.91 Å². The molecule has 0 saturated carbocycles. The van der Waals surface area contributed by atoms with Crippen molar-refractivity contribution in [2.24, 2.45) is 5.73 Å². The number of benzene rings is 1. The number of amides is 3. The smallest absolute Gasteiger partial charge is 0.294 e. The molecule has 0 unspecified atom stereocenters. The van der Waals surface area contributed by atoms with Gasteiger partial charge in [-0.2, -0.15) is 0 Å². The van der Waals surface area contributed by atoms with Crippen LogP contribution < -0.4 is 5.73 Å². The number of primary amides is 1. The minimum absolute atomic E-state index is 0.0493. The Balaban J connectivity index is 2.32. The van der Waals surface area contributed by atoms with Crippen LogP contribution in [0.2, 0.25) is 0 Å². The quantitative estimate of drug-likeness (QED) is 0.839. The maximum atomic E-state index is 13.6. The lowest BCUT2D eigenvalue weighted by atomic mass is 10.2. The van der Waals surface area contributed by atoms with E-state index in [-0.39, 0.29) is 10.5 Å². The third-order valence-corrected chi connectivity index (χ3v) is 3.83. The second kappa shape index (κ2) is 5.76. The Hall–Kier alpha value is -1.67. The summed E-state index contributed by atoms with van der Waals surface area (Å²) in [5, 5.41) is -0.601. The molecule has 1 aromatic carbocycles. The van der Waals surface area contributed by atoms with E-state index in [0.29, 0.717) is 16.2 Å². The van der Waals surface area contributed by atoms with Crippen LogP contribution in [0.5, 0.6) is 0 Å². The second-order valence-corrected chi connectivity index (χ2v) is 5.81. The molecule has 1 saturated heterocycles. The first-order valence-corrected chi connectivity index (χ1v) is 6.98. The summed E-state index contributed by atoms with van der Waals surface area (Å²) >= 11 is 3.83. The fraction of sp³-hybridized carbons (Fsp3) is 0.0833. The van der Waals surface area contributed by atoms with Crippen molar-refractivity contribution in [2.45, 2.75) is 0 Å². The number of carbonyl (C=O) groups excluding carboxylic acids is 3. The maximum absolute atomic E-state index is 13.6. The summed E-state index contributed by atoms with van der Waals surface area (Å²) in [5.41, 5.74) is 5.13. The predicted octanol–water partition coefficient (Wildman–Crippen LogP) is 2.11. The van der Waals surface area contributed by atoms with Crippen molar-refractivity contribution in [3.63, 3.8) is 0 Å². The summed E-state index contributed by atoms with van der Waals surface area (Å²) in [4.78, 5) is 35.1. The first-order valence-electron chi connectivity index (χ1n) is 5.37. The van der Waals surface area contributed by atoms with Gasteiger partial charge in [0.2, 0.25) is 5.91 Å². The van der Waals surface area contributed by atoms with Crippen LogP contribution in [-0.2, 0) is 9.59 Å². The first-order chi connectivity index (χ1) is 9.38. The highest BCUT2D eigenvalue weighted by molar-refractivity contribution is 9.10. The molecule has 5 nitrogen and oxygen atoms in total. The lowest BCUT2D eigenvalue weighted by molar-refractivity contribution is -0.127. The topological polar surface area (TPSA) is 80.5 Å². The molecular weight excluding hydrogens is 351 g/mol. The molecule has 0 radical (unpaired) electrons. The number of thioether (sulfide) groups is 1. The van der Waals surface area contributed by atoms with E-state index < -0.39 is 29.4 Å². The van der Waals surface area contributed by atoms with E-state index in [2.05, 4.69) is 15.9 Å². The molecule has 1 aromatic rings. The van der Waals surface area contributed by atoms with Gasteiger partial charge in [0, 0.05) is 10.0 Å². The number of rotatable bonds is 3. The molecule has 1 heterocycles. The standard InChI is InChI=1S/C12H8BrFN2O3S/c13-7-1-2-8(14)6(3-7)4-9-11(18)16(5-10(15)17)12(19)20-9/h1-4H,5H2,(H2,15,17)/b9-4-. The molecule has 0 aliphatic carbocycles. The van der Waals surface area contributed by atoms with Crippen LogP contribution in [0.3, 0.4) is 0 Å². The average Bonchev–Trinajstić information content (AvgIpc) is 2.61. The summed E-state index contributed by atoms with van der Waals surface area (Å²) in [6.07, 6.45) is 1.27. The highest BCUT2D eigenvalue weighted by Gasteiger charge is 2.35. The van der Waals surface area contributed by atoms with Gasteiger partial charge in [-0.1, -0.05) is 15.9 Å². The number of nitrogens with zero attached hydrogens (tertiary/aromatic N) is 1. The van der Waals surface area contributed by atoms with Crippen molar-refractivity contribution in [1.29, 1.82) is 0 Å². The van der Waals surface area contributed by atoms with Crippen LogP contribution in [0.4, 0.5) is 9.18 Å². The number of nitrogens with two attached hydrogens (primary N) is 1. The highest BCUT2D eigenvalue weighted by Crippen LogP contribution is 2.32. The van der Waals surface area contributed by atoms with Crippen molar-refractivity contribution in [3.05, 3.63) is 39.0 Å². The molecular formula is C12H8BrFN2O3S. The molecule has 2 N–H and O–H groups in total. The molecule has 104 valence electrons. The third-order valence-electron chi connectivity index (χ3n) is 2.43. The monoisotopic (exact) mass is 358 g/mol. The minimum atomic E-state index is -0.790. The Morgan fingerprint density at radius 3 is 2.80 bits per heavy atom. The van der Waals surface area contributed by atoms with Crippen LogP contribution in [0, 0.1) is 5.82 Å². The molecule has 0 aromatic heterocycles. The van der Waals surface area contributed by atoms with E-state index in [4.69, 9.17) is 5.73 Å². The van der Waals surface area contributed by atoms with Crippen LogP contribution in [0.15, 0.2) is 27.6 Å². The molecule has 20 heavy (non-hydrogen) atoms. The van der Waals surface area contributed by atoms with Gasteiger partial charge in [0.15, 0.2) is 0 Å². The number of halogens is 2. The van der Waals surface area contributed by atoms with E-state index in [9.17, 15) is 18.8 Å². The van der Waals surface area contributed by atoms with Crippen molar-refractivity contribution in [2.75, 3.05) is 6.54 Å². The molecule has 8 heteroatoms. The zero-order valence-electron chi connectivity index (χ0n) is 9.93. The van der Waals surface area contributed by atoms with Crippen molar-refractivity contribution >= 4 is 50.8 Å². The Labute approximate surface area is 126 Å². The summed E-state index contributed by atoms with van der Waals surface area (Å²) in [7, 11) is 0. The minimum Gasteiger partial charge on any atom is -0.368 e. The summed E-state index contributed by atoms with van der Waals surface area (Å²) in [6.45, 7) is -0.483. The van der Waals surface area contributed by atoms with Gasteiger partial charge in [0.25, 0.3) is 11.1 Å². The Bertz CT molecular complexity index is 648. The van der Waals surface area contributed by atoms with Crippen LogP contribution >= 0.6 is 27.7 Å². The number of hydrogen-bond acceptors (Lipinski definition) is 4. The number of hydrogen-bond donors (Lipinski definition) is 1. The molecule has 0 bridgehead atoms. The molecule has 1 aliphatic rings. The zero-order valence-corrected chi connectivity index (χ0v) is 12.3. The van der Waals surface area contributed by atoms with E-state index in [1.54, 1.807) is 0 Å². The zero-order chi connectivity index (χ0) is 14.9. The highest BCUT2D eigenvalue weighted by atomic mass is 79.9. The van der Waals surface area contributed by atoms with E-state index in [1.165, 1.54) is 24.3 Å². The van der Waals surface area contributed by atoms with Crippen molar-refractivity contribution in [3.8, 4) is 0 Å². The maximum Gasteiger partial charge on any atom is 0.294 e. The molecule has 0 atom stereocenters. The largest absolute Gasteiger partial charge is 0.368 e. The van der Waals surface area contributed by atoms with Crippen LogP contribution in [0.1, 0.15) is 5.56 Å². The van der Waals surface area contributed by atoms with Gasteiger partial charge in [-0.15, -0.1) is 0 Å². The van der Waals surface area contributed by atoms with Gasteiger partial charge in [-0.25, -0.2) is 4.39 Å².